The van der Waals surface area contributed by atoms with Gasteiger partial charge < -0.3 is 14.8 Å². The van der Waals surface area contributed by atoms with E-state index in [9.17, 15) is 26.8 Å². The summed E-state index contributed by atoms with van der Waals surface area (Å²) < 4.78 is 66.5. The molecule has 3 aromatic rings. The number of nitrogens with zero attached hydrogens (tertiary/aromatic N) is 3. The van der Waals surface area contributed by atoms with Crippen molar-refractivity contribution in [1.82, 2.24) is 15.2 Å². The van der Waals surface area contributed by atoms with Crippen LogP contribution < -0.4 is 0 Å². The molecular formula is C28H35F3N3O4S-. The highest BCUT2D eigenvalue weighted by molar-refractivity contribution is 7.92. The van der Waals surface area contributed by atoms with E-state index in [1.807, 2.05) is 6.07 Å². The Morgan fingerprint density at radius 1 is 0.872 bits per heavy atom. The highest BCUT2D eigenvalue weighted by Gasteiger charge is 2.46. The van der Waals surface area contributed by atoms with Crippen LogP contribution >= 0.6 is 0 Å². The van der Waals surface area contributed by atoms with Crippen LogP contribution in [0.3, 0.4) is 0 Å². The zero-order valence-corrected chi connectivity index (χ0v) is 22.9. The molecule has 0 saturated carbocycles. The lowest BCUT2D eigenvalue weighted by Gasteiger charge is -2.28. The number of sulfone groups is 1. The Kier molecular flexibility index (Phi) is 11.5. The predicted molar refractivity (Wildman–Crippen MR) is 143 cm³/mol. The van der Waals surface area contributed by atoms with Crippen LogP contribution in [-0.4, -0.2) is 29.1 Å². The van der Waals surface area contributed by atoms with Crippen molar-refractivity contribution in [1.29, 1.82) is 0 Å². The van der Waals surface area contributed by atoms with Gasteiger partial charge in [0.15, 0.2) is 5.82 Å². The van der Waals surface area contributed by atoms with Crippen molar-refractivity contribution in [3.8, 4) is 11.5 Å². The normalized spacial score (nSPS) is 12.4. The van der Waals surface area contributed by atoms with Gasteiger partial charge in [-0.05, 0) is 41.8 Å². The summed E-state index contributed by atoms with van der Waals surface area (Å²) in [5.74, 6) is 1.03. The third-order valence-electron chi connectivity index (χ3n) is 6.40. The number of hydroxylamine groups is 2. The van der Waals surface area contributed by atoms with Crippen molar-refractivity contribution >= 4 is 9.84 Å². The van der Waals surface area contributed by atoms with Crippen LogP contribution in [0.5, 0.6) is 0 Å². The molecule has 11 heteroatoms. The summed E-state index contributed by atoms with van der Waals surface area (Å²) >= 11 is 0. The van der Waals surface area contributed by atoms with Gasteiger partial charge in [-0.2, -0.15) is 18.2 Å². The fourth-order valence-electron chi connectivity index (χ4n) is 4.24. The second-order valence-electron chi connectivity index (χ2n) is 9.69. The molecule has 0 radical (unpaired) electrons. The third-order valence-corrected chi connectivity index (χ3v) is 7.90. The van der Waals surface area contributed by atoms with Crippen molar-refractivity contribution in [2.45, 2.75) is 94.6 Å². The number of halogens is 3. The molecule has 1 aromatic heterocycles. The molecule has 0 amide bonds. The molecule has 7 nitrogen and oxygen atoms in total. The Balaban J connectivity index is 1.47. The van der Waals surface area contributed by atoms with Crippen LogP contribution in [0.1, 0.15) is 81.7 Å². The highest BCUT2D eigenvalue weighted by atomic mass is 32.2. The van der Waals surface area contributed by atoms with Crippen molar-refractivity contribution < 1.29 is 26.1 Å². The summed E-state index contributed by atoms with van der Waals surface area (Å²) in [4.78, 5) is 3.62. The molecule has 0 saturated heterocycles. The highest BCUT2D eigenvalue weighted by Crippen LogP contribution is 2.30. The van der Waals surface area contributed by atoms with Crippen LogP contribution in [0.25, 0.3) is 11.5 Å². The quantitative estimate of drug-likeness (QED) is 0.130. The number of aromatic nitrogens is 2. The zero-order valence-electron chi connectivity index (χ0n) is 22.1. The molecule has 39 heavy (non-hydrogen) atoms. The van der Waals surface area contributed by atoms with Gasteiger partial charge in [0.1, 0.15) is 0 Å². The van der Waals surface area contributed by atoms with E-state index < -0.39 is 20.2 Å². The molecule has 0 bridgehead atoms. The number of rotatable bonds is 16. The number of hydrogen-bond acceptors (Lipinski definition) is 7. The summed E-state index contributed by atoms with van der Waals surface area (Å²) in [6.45, 7) is 2.11. The first-order valence-corrected chi connectivity index (χ1v) is 14.8. The Bertz CT molecular complexity index is 1260. The summed E-state index contributed by atoms with van der Waals surface area (Å²) in [6, 6.07) is 11.3. The maximum Gasteiger partial charge on any atom is 0.501 e. The Morgan fingerprint density at radius 2 is 1.49 bits per heavy atom. The van der Waals surface area contributed by atoms with E-state index in [-0.39, 0.29) is 13.1 Å². The van der Waals surface area contributed by atoms with Gasteiger partial charge in [0, 0.05) is 25.1 Å². The minimum absolute atomic E-state index is 0.00980. The van der Waals surface area contributed by atoms with Crippen LogP contribution in [0.4, 0.5) is 13.2 Å². The van der Waals surface area contributed by atoms with Crippen molar-refractivity contribution in [3.05, 3.63) is 70.7 Å². The Hall–Kier alpha value is -2.76. The fraction of sp³-hybridized carbons (Fsp3) is 0.500. The van der Waals surface area contributed by atoms with Gasteiger partial charge in [-0.15, -0.1) is 0 Å². The van der Waals surface area contributed by atoms with Crippen LogP contribution in [-0.2, 0) is 29.3 Å². The molecule has 0 unspecified atom stereocenters. The van der Waals surface area contributed by atoms with Crippen molar-refractivity contribution in [3.63, 3.8) is 0 Å². The summed E-state index contributed by atoms with van der Waals surface area (Å²) in [6.07, 6.45) is 11.9. The van der Waals surface area contributed by atoms with E-state index >= 15 is 0 Å². The summed E-state index contributed by atoms with van der Waals surface area (Å²) in [5.41, 5.74) is -3.61. The average Bonchev–Trinajstić information content (AvgIpc) is 3.36. The monoisotopic (exact) mass is 566 g/mol. The maximum atomic E-state index is 12.7. The van der Waals surface area contributed by atoms with E-state index in [2.05, 4.69) is 17.1 Å². The summed E-state index contributed by atoms with van der Waals surface area (Å²) in [7, 11) is -5.42. The molecule has 0 aliphatic heterocycles. The first kappa shape index (κ1) is 30.8. The fourth-order valence-corrected chi connectivity index (χ4v) is 5.00. The lowest BCUT2D eigenvalue weighted by Crippen LogP contribution is -2.23. The third kappa shape index (κ3) is 9.44. The van der Waals surface area contributed by atoms with Gasteiger partial charge in [-0.25, -0.2) is 8.42 Å². The van der Waals surface area contributed by atoms with E-state index in [0.717, 1.165) is 36.5 Å². The number of aryl methyl sites for hydroxylation is 1. The number of alkyl halides is 3. The molecule has 3 rings (SSSR count). The van der Waals surface area contributed by atoms with E-state index in [1.165, 1.54) is 57.1 Å². The number of hydrogen-bond donors (Lipinski definition) is 0. The van der Waals surface area contributed by atoms with Crippen LogP contribution in [0, 0.1) is 5.21 Å². The minimum Gasteiger partial charge on any atom is -0.785 e. The smallest absolute Gasteiger partial charge is 0.501 e. The van der Waals surface area contributed by atoms with Gasteiger partial charge in [-0.1, -0.05) is 87.7 Å². The second-order valence-corrected chi connectivity index (χ2v) is 11.6. The molecule has 214 valence electrons. The van der Waals surface area contributed by atoms with Gasteiger partial charge in [0.25, 0.3) is 15.7 Å². The second kappa shape index (κ2) is 14.6. The van der Waals surface area contributed by atoms with Crippen molar-refractivity contribution in [2.75, 3.05) is 0 Å². The molecule has 0 spiro atoms. The topological polar surface area (TPSA) is 99.4 Å². The largest absolute Gasteiger partial charge is 0.785 e. The first-order chi connectivity index (χ1) is 18.6. The Morgan fingerprint density at radius 3 is 2.13 bits per heavy atom. The zero-order chi connectivity index (χ0) is 28.3. The first-order valence-electron chi connectivity index (χ1n) is 13.3. The molecule has 2 aromatic carbocycles. The molecular weight excluding hydrogens is 531 g/mol. The molecule has 0 fully saturated rings. The number of unbranched alkanes of at least 4 members (excludes halogenated alkanes) is 8. The molecule has 0 N–H and O–H groups in total. The SMILES string of the molecule is CCCCCCCCCCCc1noc(-c2cccc(CN([O-])Cc3ccc(S(=O)(=O)C(F)(F)F)cc3)c2)n1. The summed E-state index contributed by atoms with van der Waals surface area (Å²) in [5, 5.41) is 17.3. The van der Waals surface area contributed by atoms with Crippen molar-refractivity contribution in [2.24, 2.45) is 0 Å². The molecule has 0 atom stereocenters. The van der Waals surface area contributed by atoms with Gasteiger partial charge in [-0.3, -0.25) is 0 Å². The van der Waals surface area contributed by atoms with Crippen LogP contribution in [0.2, 0.25) is 0 Å². The standard InChI is InChI=1S/C28H35F3N3O4S/c1-2-3-4-5-6-7-8-9-10-14-26-32-27(38-33-26)24-13-11-12-23(19-24)21-34(35)20-22-15-17-25(18-16-22)39(36,37)28(29,30)31/h11-13,15-19H,2-10,14,20-21H2,1H3/q-1. The minimum atomic E-state index is -5.42. The molecule has 1 heterocycles. The van der Waals surface area contributed by atoms with E-state index in [1.54, 1.807) is 18.2 Å². The van der Waals surface area contributed by atoms with Gasteiger partial charge in [0.2, 0.25) is 0 Å². The molecule has 0 aliphatic carbocycles. The predicted octanol–water partition coefficient (Wildman–Crippen LogP) is 7.60. The molecule has 0 aliphatic rings. The maximum absolute atomic E-state index is 12.7. The van der Waals surface area contributed by atoms with Gasteiger partial charge >= 0.3 is 5.51 Å². The van der Waals surface area contributed by atoms with E-state index in [4.69, 9.17) is 4.52 Å². The number of benzene rings is 2. The lowest BCUT2D eigenvalue weighted by molar-refractivity contribution is -0.0436. The Labute approximate surface area is 227 Å². The average molecular weight is 567 g/mol. The van der Waals surface area contributed by atoms with Gasteiger partial charge in [0.05, 0.1) is 4.90 Å². The van der Waals surface area contributed by atoms with E-state index in [0.29, 0.717) is 28.4 Å². The lowest BCUT2D eigenvalue weighted by atomic mass is 10.1. The van der Waals surface area contributed by atoms with Crippen LogP contribution in [0.15, 0.2) is 57.9 Å².